The van der Waals surface area contributed by atoms with Gasteiger partial charge in [-0.1, -0.05) is 54.1 Å². The maximum Gasteiger partial charge on any atom is 0.119 e. The molecule has 3 aromatic carbocycles. The van der Waals surface area contributed by atoms with Crippen molar-refractivity contribution in [2.45, 2.75) is 19.4 Å². The van der Waals surface area contributed by atoms with Crippen LogP contribution in [0.15, 0.2) is 66.7 Å². The van der Waals surface area contributed by atoms with Crippen LogP contribution in [0.1, 0.15) is 22.7 Å². The van der Waals surface area contributed by atoms with Gasteiger partial charge in [-0.25, -0.2) is 0 Å². The molecule has 0 aromatic heterocycles. The van der Waals surface area contributed by atoms with Gasteiger partial charge >= 0.3 is 0 Å². The summed E-state index contributed by atoms with van der Waals surface area (Å²) in [4.78, 5) is 0. The van der Waals surface area contributed by atoms with E-state index in [0.29, 0.717) is 0 Å². The predicted molar refractivity (Wildman–Crippen MR) is 99.7 cm³/mol. The van der Waals surface area contributed by atoms with Crippen molar-refractivity contribution in [3.05, 3.63) is 83.4 Å². The van der Waals surface area contributed by atoms with Gasteiger partial charge in [-0.3, -0.25) is 0 Å². The van der Waals surface area contributed by atoms with E-state index in [2.05, 4.69) is 72.9 Å². The molecule has 1 heterocycles. The Morgan fingerprint density at radius 3 is 2.62 bits per heavy atom. The largest absolute Gasteiger partial charge is 0.497 e. The van der Waals surface area contributed by atoms with Crippen LogP contribution in [0.2, 0.25) is 0 Å². The first kappa shape index (κ1) is 14.8. The summed E-state index contributed by atoms with van der Waals surface area (Å²) in [6.45, 7) is 2.14. The number of nitrogens with one attached hydrogen (secondary N) is 1. The van der Waals surface area contributed by atoms with E-state index in [-0.39, 0.29) is 6.04 Å². The highest BCUT2D eigenvalue weighted by molar-refractivity contribution is 5.84. The smallest absolute Gasteiger partial charge is 0.119 e. The zero-order chi connectivity index (χ0) is 16.5. The predicted octanol–water partition coefficient (Wildman–Crippen LogP) is 5.38. The summed E-state index contributed by atoms with van der Waals surface area (Å²) in [6, 6.07) is 23.9. The van der Waals surface area contributed by atoms with Crippen LogP contribution in [0.5, 0.6) is 5.75 Å². The van der Waals surface area contributed by atoms with Crippen LogP contribution < -0.4 is 10.1 Å². The summed E-state index contributed by atoms with van der Waals surface area (Å²) in [5, 5.41) is 3.72. The van der Waals surface area contributed by atoms with Crippen molar-refractivity contribution in [2.24, 2.45) is 0 Å². The van der Waals surface area contributed by atoms with E-state index in [9.17, 15) is 0 Å². The number of aryl methyl sites for hydroxylation is 1. The quantitative estimate of drug-likeness (QED) is 0.700. The van der Waals surface area contributed by atoms with E-state index >= 15 is 0 Å². The van der Waals surface area contributed by atoms with Crippen LogP contribution in [-0.4, -0.2) is 7.11 Å². The third kappa shape index (κ3) is 2.65. The molecule has 0 fully saturated rings. The van der Waals surface area contributed by atoms with Crippen molar-refractivity contribution < 1.29 is 4.74 Å². The highest BCUT2D eigenvalue weighted by atomic mass is 16.5. The summed E-state index contributed by atoms with van der Waals surface area (Å²) >= 11 is 0. The van der Waals surface area contributed by atoms with Gasteiger partial charge in [0.1, 0.15) is 5.75 Å². The number of rotatable bonds is 3. The minimum atomic E-state index is 0.242. The molecule has 0 saturated carbocycles. The Labute approximate surface area is 143 Å². The van der Waals surface area contributed by atoms with Gasteiger partial charge in [0, 0.05) is 11.3 Å². The first-order valence-corrected chi connectivity index (χ1v) is 8.34. The molecule has 1 aliphatic rings. The van der Waals surface area contributed by atoms with Crippen LogP contribution in [0.4, 0.5) is 5.69 Å². The van der Waals surface area contributed by atoms with E-state index in [1.807, 2.05) is 6.07 Å². The number of methoxy groups -OCH3 is 1. The van der Waals surface area contributed by atoms with Crippen molar-refractivity contribution in [1.82, 2.24) is 0 Å². The molecule has 24 heavy (non-hydrogen) atoms. The van der Waals surface area contributed by atoms with E-state index in [0.717, 1.165) is 12.2 Å². The molecule has 1 aliphatic heterocycles. The number of benzene rings is 3. The van der Waals surface area contributed by atoms with Crippen LogP contribution in [0, 0.1) is 6.92 Å². The van der Waals surface area contributed by atoms with Crippen molar-refractivity contribution >= 4 is 5.69 Å². The Hall–Kier alpha value is -2.74. The fourth-order valence-electron chi connectivity index (χ4n) is 3.55. The second-order valence-corrected chi connectivity index (χ2v) is 6.39. The summed E-state index contributed by atoms with van der Waals surface area (Å²) in [6.07, 6.45) is 0.955. The molecule has 0 bridgehead atoms. The molecular weight excluding hydrogens is 294 g/mol. The number of fused-ring (bicyclic) bond motifs is 3. The Kier molecular flexibility index (Phi) is 3.73. The van der Waals surface area contributed by atoms with Crippen molar-refractivity contribution in [3.8, 4) is 16.9 Å². The van der Waals surface area contributed by atoms with Crippen molar-refractivity contribution in [3.63, 3.8) is 0 Å². The fraction of sp³-hybridized carbons (Fsp3) is 0.182. The molecule has 1 N–H and O–H groups in total. The Morgan fingerprint density at radius 2 is 1.79 bits per heavy atom. The van der Waals surface area contributed by atoms with Crippen LogP contribution in [-0.2, 0) is 6.42 Å². The van der Waals surface area contributed by atoms with Crippen LogP contribution in [0.25, 0.3) is 11.1 Å². The van der Waals surface area contributed by atoms with Gasteiger partial charge in [0.2, 0.25) is 0 Å². The monoisotopic (exact) mass is 315 g/mol. The summed E-state index contributed by atoms with van der Waals surface area (Å²) in [7, 11) is 1.72. The second-order valence-electron chi connectivity index (χ2n) is 6.39. The van der Waals surface area contributed by atoms with Crippen molar-refractivity contribution in [2.75, 3.05) is 12.4 Å². The Balaban J connectivity index is 1.79. The van der Waals surface area contributed by atoms with Gasteiger partial charge in [0.05, 0.1) is 13.2 Å². The maximum absolute atomic E-state index is 5.46. The molecule has 1 atom stereocenters. The van der Waals surface area contributed by atoms with Crippen molar-refractivity contribution in [1.29, 1.82) is 0 Å². The van der Waals surface area contributed by atoms with E-state index in [1.54, 1.807) is 7.11 Å². The Bertz CT molecular complexity index is 885. The lowest BCUT2D eigenvalue weighted by molar-refractivity contribution is 0.414. The molecule has 0 saturated heterocycles. The van der Waals surface area contributed by atoms with E-state index in [4.69, 9.17) is 4.74 Å². The number of para-hydroxylation sites is 1. The van der Waals surface area contributed by atoms with Gasteiger partial charge in [-0.15, -0.1) is 0 Å². The molecule has 0 spiro atoms. The zero-order valence-electron chi connectivity index (χ0n) is 14.0. The standard InChI is InChI=1S/C22H21NO/c1-15-6-5-7-16(12-15)13-22-20-14-17(24-2)10-11-18(20)19-8-3-4-9-21(19)23-22/h3-12,14,22-23H,13H2,1-2H3. The molecule has 0 aliphatic carbocycles. The zero-order valence-corrected chi connectivity index (χ0v) is 14.0. The van der Waals surface area contributed by atoms with Gasteiger partial charge < -0.3 is 10.1 Å². The topological polar surface area (TPSA) is 21.3 Å². The number of anilines is 1. The van der Waals surface area contributed by atoms with Gasteiger partial charge in [0.15, 0.2) is 0 Å². The van der Waals surface area contributed by atoms with Crippen LogP contribution in [0.3, 0.4) is 0 Å². The molecular formula is C22H21NO. The second kappa shape index (κ2) is 6.04. The molecule has 3 aromatic rings. The summed E-state index contributed by atoms with van der Waals surface area (Å²) < 4.78 is 5.46. The third-order valence-electron chi connectivity index (χ3n) is 4.70. The average molecular weight is 315 g/mol. The molecule has 120 valence electrons. The first-order chi connectivity index (χ1) is 11.7. The molecule has 0 amide bonds. The third-order valence-corrected chi connectivity index (χ3v) is 4.70. The number of hydrogen-bond acceptors (Lipinski definition) is 2. The SMILES string of the molecule is COc1ccc2c(c1)C(Cc1cccc(C)c1)Nc1ccccc1-2. The lowest BCUT2D eigenvalue weighted by atomic mass is 9.86. The average Bonchev–Trinajstić information content (AvgIpc) is 2.61. The van der Waals surface area contributed by atoms with Gasteiger partial charge in [-0.2, -0.15) is 0 Å². The maximum atomic E-state index is 5.46. The number of ether oxygens (including phenoxy) is 1. The van der Waals surface area contributed by atoms with E-state index < -0.39 is 0 Å². The summed E-state index contributed by atoms with van der Waals surface area (Å²) in [5.41, 5.74) is 7.70. The lowest BCUT2D eigenvalue weighted by Crippen LogP contribution is -2.19. The Morgan fingerprint density at radius 1 is 0.917 bits per heavy atom. The fourth-order valence-corrected chi connectivity index (χ4v) is 3.55. The minimum Gasteiger partial charge on any atom is -0.497 e. The first-order valence-electron chi connectivity index (χ1n) is 8.34. The van der Waals surface area contributed by atoms with Crippen LogP contribution >= 0.6 is 0 Å². The minimum absolute atomic E-state index is 0.242. The van der Waals surface area contributed by atoms with Gasteiger partial charge in [-0.05, 0) is 48.2 Å². The molecule has 1 unspecified atom stereocenters. The molecule has 4 rings (SSSR count). The lowest BCUT2D eigenvalue weighted by Gasteiger charge is -2.30. The normalized spacial score (nSPS) is 15.2. The highest BCUT2D eigenvalue weighted by Crippen LogP contribution is 2.42. The molecule has 2 nitrogen and oxygen atoms in total. The van der Waals surface area contributed by atoms with Gasteiger partial charge in [0.25, 0.3) is 0 Å². The van der Waals surface area contributed by atoms with E-state index in [1.165, 1.54) is 33.5 Å². The summed E-state index contributed by atoms with van der Waals surface area (Å²) in [5.74, 6) is 0.907. The molecule has 2 heteroatoms. The highest BCUT2D eigenvalue weighted by Gasteiger charge is 2.24. The molecule has 0 radical (unpaired) electrons. The number of hydrogen-bond donors (Lipinski definition) is 1.